The molecule has 3 aromatic carbocycles. The molecule has 0 spiro atoms. The van der Waals surface area contributed by atoms with Crippen molar-refractivity contribution < 1.29 is 23.7 Å². The third kappa shape index (κ3) is 5.35. The fraction of sp³-hybridized carbons (Fsp3) is 0.242. The fourth-order valence-electron chi connectivity index (χ4n) is 4.91. The number of carbonyl (C=O) groups is 1. The Hall–Kier alpha value is -4.63. The molecule has 0 aliphatic carbocycles. The van der Waals surface area contributed by atoms with Crippen molar-refractivity contribution in [1.29, 1.82) is 0 Å². The van der Waals surface area contributed by atoms with Crippen LogP contribution in [-0.2, 0) is 9.53 Å². The van der Waals surface area contributed by atoms with E-state index in [2.05, 4.69) is 13.8 Å². The van der Waals surface area contributed by atoms with Crippen molar-refractivity contribution in [1.82, 2.24) is 4.57 Å². The predicted octanol–water partition coefficient (Wildman–Crippen LogP) is 4.70. The maximum Gasteiger partial charge on any atom is 0.338 e. The SMILES string of the molecule is CCOC(=O)C1=C(c2ccccc2)N=c2s/c(=C/c3ccc(OCC(C)C)cc3)c(=O)n2[C@@H]1c1ccc2c(c1)OCO2. The molecular formula is C33H30N2O6S. The van der Waals surface area contributed by atoms with Crippen molar-refractivity contribution in [2.45, 2.75) is 26.8 Å². The lowest BCUT2D eigenvalue weighted by molar-refractivity contribution is -0.138. The van der Waals surface area contributed by atoms with Crippen LogP contribution in [0.1, 0.15) is 43.5 Å². The first kappa shape index (κ1) is 27.5. The summed E-state index contributed by atoms with van der Waals surface area (Å²) in [5.74, 6) is 1.82. The zero-order chi connectivity index (χ0) is 29.2. The van der Waals surface area contributed by atoms with Crippen LogP contribution in [0.25, 0.3) is 11.8 Å². The molecule has 2 aliphatic rings. The minimum atomic E-state index is -0.793. The average Bonchev–Trinajstić information content (AvgIpc) is 3.60. The highest BCUT2D eigenvalue weighted by molar-refractivity contribution is 7.07. The van der Waals surface area contributed by atoms with E-state index in [9.17, 15) is 9.59 Å². The molecule has 9 heteroatoms. The Labute approximate surface area is 246 Å². The predicted molar refractivity (Wildman–Crippen MR) is 160 cm³/mol. The number of aromatic nitrogens is 1. The number of rotatable bonds is 8. The smallest absolute Gasteiger partial charge is 0.338 e. The van der Waals surface area contributed by atoms with Crippen molar-refractivity contribution in [2.75, 3.05) is 20.0 Å². The lowest BCUT2D eigenvalue weighted by Gasteiger charge is -2.26. The van der Waals surface area contributed by atoms with Crippen LogP contribution in [0.2, 0.25) is 0 Å². The van der Waals surface area contributed by atoms with Gasteiger partial charge in [0.15, 0.2) is 16.3 Å². The second-order valence-electron chi connectivity index (χ2n) is 10.3. The van der Waals surface area contributed by atoms with Crippen LogP contribution in [0.5, 0.6) is 17.2 Å². The Morgan fingerprint density at radius 3 is 2.57 bits per heavy atom. The topological polar surface area (TPSA) is 88.4 Å². The van der Waals surface area contributed by atoms with Gasteiger partial charge in [0.05, 0.1) is 35.1 Å². The van der Waals surface area contributed by atoms with Crippen LogP contribution < -0.4 is 29.1 Å². The summed E-state index contributed by atoms with van der Waals surface area (Å²) in [6.45, 7) is 6.87. The summed E-state index contributed by atoms with van der Waals surface area (Å²) >= 11 is 1.28. The number of nitrogens with zero attached hydrogens (tertiary/aromatic N) is 2. The molecule has 6 rings (SSSR count). The number of hydrogen-bond acceptors (Lipinski definition) is 8. The monoisotopic (exact) mass is 582 g/mol. The van der Waals surface area contributed by atoms with Gasteiger partial charge in [-0.1, -0.05) is 73.7 Å². The first-order chi connectivity index (χ1) is 20.4. The van der Waals surface area contributed by atoms with E-state index in [-0.39, 0.29) is 24.5 Å². The zero-order valence-corrected chi connectivity index (χ0v) is 24.4. The van der Waals surface area contributed by atoms with Crippen molar-refractivity contribution >= 4 is 29.1 Å². The van der Waals surface area contributed by atoms with Crippen LogP contribution in [0, 0.1) is 5.92 Å². The van der Waals surface area contributed by atoms with E-state index < -0.39 is 12.0 Å². The number of ether oxygens (including phenoxy) is 4. The molecule has 42 heavy (non-hydrogen) atoms. The summed E-state index contributed by atoms with van der Waals surface area (Å²) in [6, 6.07) is 21.8. The highest BCUT2D eigenvalue weighted by atomic mass is 32.1. The van der Waals surface area contributed by atoms with Crippen LogP contribution in [-0.4, -0.2) is 30.5 Å². The lowest BCUT2D eigenvalue weighted by Crippen LogP contribution is -2.40. The molecule has 0 bridgehead atoms. The maximum atomic E-state index is 14.1. The molecule has 3 heterocycles. The summed E-state index contributed by atoms with van der Waals surface area (Å²) in [5.41, 5.74) is 2.79. The number of hydrogen-bond donors (Lipinski definition) is 0. The Bertz CT molecular complexity index is 1840. The van der Waals surface area contributed by atoms with E-state index in [1.54, 1.807) is 17.6 Å². The molecule has 1 aromatic heterocycles. The number of thiazole rings is 1. The Morgan fingerprint density at radius 1 is 1.07 bits per heavy atom. The number of fused-ring (bicyclic) bond motifs is 2. The number of carbonyl (C=O) groups excluding carboxylic acids is 1. The summed E-state index contributed by atoms with van der Waals surface area (Å²) in [4.78, 5) is 33.1. The zero-order valence-electron chi connectivity index (χ0n) is 23.5. The molecule has 0 N–H and O–H groups in total. The van der Waals surface area contributed by atoms with Gasteiger partial charge in [0, 0.05) is 5.56 Å². The fourth-order valence-corrected chi connectivity index (χ4v) is 5.91. The first-order valence-corrected chi connectivity index (χ1v) is 14.7. The molecule has 0 fully saturated rings. The van der Waals surface area contributed by atoms with Gasteiger partial charge in [-0.2, -0.15) is 0 Å². The van der Waals surface area contributed by atoms with Crippen molar-refractivity contribution in [3.63, 3.8) is 0 Å². The molecule has 0 saturated heterocycles. The molecule has 8 nitrogen and oxygen atoms in total. The molecule has 4 aromatic rings. The van der Waals surface area contributed by atoms with Gasteiger partial charge in [0.2, 0.25) is 6.79 Å². The summed E-state index contributed by atoms with van der Waals surface area (Å²) < 4.78 is 24.6. The number of esters is 1. The van der Waals surface area contributed by atoms with Gasteiger partial charge >= 0.3 is 5.97 Å². The van der Waals surface area contributed by atoms with Crippen LogP contribution in [0.15, 0.2) is 88.2 Å². The first-order valence-electron chi connectivity index (χ1n) is 13.8. The minimum absolute atomic E-state index is 0.110. The van der Waals surface area contributed by atoms with Gasteiger partial charge < -0.3 is 18.9 Å². The Kier molecular flexibility index (Phi) is 7.67. The quantitative estimate of drug-likeness (QED) is 0.280. The van der Waals surface area contributed by atoms with Crippen molar-refractivity contribution in [2.24, 2.45) is 10.9 Å². The van der Waals surface area contributed by atoms with Gasteiger partial charge in [-0.15, -0.1) is 0 Å². The molecule has 214 valence electrons. The minimum Gasteiger partial charge on any atom is -0.493 e. The molecule has 0 saturated carbocycles. The highest BCUT2D eigenvalue weighted by Crippen LogP contribution is 2.40. The Morgan fingerprint density at radius 2 is 1.83 bits per heavy atom. The van der Waals surface area contributed by atoms with Crippen LogP contribution >= 0.6 is 11.3 Å². The van der Waals surface area contributed by atoms with Gasteiger partial charge in [0.25, 0.3) is 5.56 Å². The van der Waals surface area contributed by atoms with Crippen LogP contribution in [0.4, 0.5) is 0 Å². The normalized spacial score (nSPS) is 15.9. The average molecular weight is 583 g/mol. The standard InChI is InChI=1S/C33H30N2O6S/c1-4-38-32(37)28-29(22-8-6-5-7-9-22)34-33-35(30(28)23-12-15-25-26(17-23)41-19-40-25)31(36)27(42-33)16-21-10-13-24(14-11-21)39-18-20(2)3/h5-17,20,30H,4,18-19H2,1-3H3/b27-16+/t30-/m1/s1. The highest BCUT2D eigenvalue weighted by Gasteiger charge is 2.36. The molecule has 0 unspecified atom stereocenters. The van der Waals surface area contributed by atoms with E-state index in [0.717, 1.165) is 16.9 Å². The van der Waals surface area contributed by atoms with E-state index in [1.807, 2.05) is 72.8 Å². The van der Waals surface area contributed by atoms with Gasteiger partial charge in [-0.05, 0) is 54.3 Å². The third-order valence-electron chi connectivity index (χ3n) is 6.85. The molecule has 2 aliphatic heterocycles. The van der Waals surface area contributed by atoms with E-state index in [4.69, 9.17) is 23.9 Å². The van der Waals surface area contributed by atoms with E-state index in [1.165, 1.54) is 11.3 Å². The van der Waals surface area contributed by atoms with E-state index >= 15 is 0 Å². The second-order valence-corrected chi connectivity index (χ2v) is 11.3. The lowest BCUT2D eigenvalue weighted by atomic mass is 9.93. The molecular weight excluding hydrogens is 552 g/mol. The van der Waals surface area contributed by atoms with Gasteiger partial charge in [0.1, 0.15) is 5.75 Å². The summed E-state index contributed by atoms with van der Waals surface area (Å²) in [5, 5.41) is 0. The van der Waals surface area contributed by atoms with Crippen LogP contribution in [0.3, 0.4) is 0 Å². The van der Waals surface area contributed by atoms with Gasteiger partial charge in [-0.3, -0.25) is 9.36 Å². The molecule has 0 amide bonds. The van der Waals surface area contributed by atoms with E-state index in [0.29, 0.717) is 44.6 Å². The number of benzene rings is 3. The van der Waals surface area contributed by atoms with Crippen molar-refractivity contribution in [3.05, 3.63) is 115 Å². The molecule has 1 atom stereocenters. The summed E-state index contributed by atoms with van der Waals surface area (Å²) in [7, 11) is 0. The summed E-state index contributed by atoms with van der Waals surface area (Å²) in [6.07, 6.45) is 1.84. The largest absolute Gasteiger partial charge is 0.493 e. The second kappa shape index (κ2) is 11.7. The maximum absolute atomic E-state index is 14.1. The van der Waals surface area contributed by atoms with Gasteiger partial charge in [-0.25, -0.2) is 9.79 Å². The third-order valence-corrected chi connectivity index (χ3v) is 7.83. The van der Waals surface area contributed by atoms with Crippen molar-refractivity contribution in [3.8, 4) is 17.2 Å². The Balaban J connectivity index is 1.54. The molecule has 0 radical (unpaired) electrons.